The summed E-state index contributed by atoms with van der Waals surface area (Å²) in [5.74, 6) is 0.634. The van der Waals surface area contributed by atoms with E-state index in [1.807, 2.05) is 0 Å². The maximum absolute atomic E-state index is 6.04. The second-order valence-electron chi connectivity index (χ2n) is 7.59. The fraction of sp³-hybridized carbons (Fsp3) is 1.00. The highest BCUT2D eigenvalue weighted by Crippen LogP contribution is 2.43. The molecule has 2 rings (SSSR count). The van der Waals surface area contributed by atoms with Gasteiger partial charge in [-0.1, -0.05) is 27.7 Å². The van der Waals surface area contributed by atoms with Gasteiger partial charge < -0.3 is 15.0 Å². The lowest BCUT2D eigenvalue weighted by atomic mass is 9.64. The van der Waals surface area contributed by atoms with Crippen LogP contribution >= 0.6 is 0 Å². The maximum Gasteiger partial charge on any atom is 0.0656 e. The third-order valence-corrected chi connectivity index (χ3v) is 4.87. The Hall–Kier alpha value is -0.120. The molecule has 0 amide bonds. The Morgan fingerprint density at radius 1 is 1.37 bits per heavy atom. The number of piperidine rings is 1. The smallest absolute Gasteiger partial charge is 0.0656 e. The molecular weight excluding hydrogens is 236 g/mol. The zero-order chi connectivity index (χ0) is 14.0. The number of ether oxygens (including phenoxy) is 1. The third kappa shape index (κ3) is 3.71. The third-order valence-electron chi connectivity index (χ3n) is 4.87. The van der Waals surface area contributed by atoms with Crippen LogP contribution in [0.5, 0.6) is 0 Å². The Morgan fingerprint density at radius 3 is 2.68 bits per heavy atom. The van der Waals surface area contributed by atoms with E-state index in [0.29, 0.717) is 24.1 Å². The number of hydrogen-bond acceptors (Lipinski definition) is 3. The highest BCUT2D eigenvalue weighted by molar-refractivity contribution is 5.04. The van der Waals surface area contributed by atoms with Crippen LogP contribution in [0.3, 0.4) is 0 Å². The molecule has 0 bridgehead atoms. The van der Waals surface area contributed by atoms with Crippen LogP contribution in [0.25, 0.3) is 0 Å². The summed E-state index contributed by atoms with van der Waals surface area (Å²) in [6.45, 7) is 12.5. The fourth-order valence-corrected chi connectivity index (χ4v) is 3.35. The highest BCUT2D eigenvalue weighted by atomic mass is 16.5. The number of likely N-dealkylation sites (N-methyl/N-ethyl adjacent to an activating group) is 1. The lowest BCUT2D eigenvalue weighted by molar-refractivity contribution is -0.126. The van der Waals surface area contributed by atoms with E-state index in [2.05, 4.69) is 45.0 Å². The van der Waals surface area contributed by atoms with Gasteiger partial charge in [0, 0.05) is 30.7 Å². The quantitative estimate of drug-likeness (QED) is 0.829. The largest absolute Gasteiger partial charge is 0.377 e. The Balaban J connectivity index is 1.77. The maximum atomic E-state index is 6.04. The number of hydrogen-bond donors (Lipinski definition) is 1. The monoisotopic (exact) mass is 268 g/mol. The predicted molar refractivity (Wildman–Crippen MR) is 80.4 cm³/mol. The molecule has 1 aliphatic carbocycles. The molecule has 19 heavy (non-hydrogen) atoms. The molecule has 0 aromatic rings. The molecule has 1 saturated heterocycles. The van der Waals surface area contributed by atoms with Gasteiger partial charge in [0.05, 0.1) is 6.10 Å². The van der Waals surface area contributed by atoms with E-state index in [0.717, 1.165) is 6.61 Å². The van der Waals surface area contributed by atoms with Gasteiger partial charge in [-0.25, -0.2) is 0 Å². The van der Waals surface area contributed by atoms with Crippen LogP contribution in [0.2, 0.25) is 0 Å². The van der Waals surface area contributed by atoms with Gasteiger partial charge >= 0.3 is 0 Å². The van der Waals surface area contributed by atoms with E-state index < -0.39 is 0 Å². The van der Waals surface area contributed by atoms with Gasteiger partial charge in [-0.3, -0.25) is 0 Å². The first-order valence-corrected chi connectivity index (χ1v) is 7.95. The number of rotatable bonds is 5. The Bertz CT molecular complexity index is 290. The van der Waals surface area contributed by atoms with E-state index in [1.54, 1.807) is 0 Å². The summed E-state index contributed by atoms with van der Waals surface area (Å²) in [6, 6.07) is 1.30. The van der Waals surface area contributed by atoms with Gasteiger partial charge in [-0.05, 0) is 38.8 Å². The van der Waals surface area contributed by atoms with E-state index in [4.69, 9.17) is 4.74 Å². The second-order valence-corrected chi connectivity index (χ2v) is 7.59. The lowest BCUT2D eigenvalue weighted by Crippen LogP contribution is -2.64. The average molecular weight is 268 g/mol. The summed E-state index contributed by atoms with van der Waals surface area (Å²) >= 11 is 0. The van der Waals surface area contributed by atoms with Crippen LogP contribution < -0.4 is 5.32 Å². The molecule has 1 heterocycles. The molecule has 0 aromatic heterocycles. The van der Waals surface area contributed by atoms with Crippen molar-refractivity contribution in [1.29, 1.82) is 0 Å². The molecule has 0 radical (unpaired) electrons. The van der Waals surface area contributed by atoms with E-state index in [-0.39, 0.29) is 5.41 Å². The average Bonchev–Trinajstić information content (AvgIpc) is 2.32. The molecule has 3 atom stereocenters. The molecule has 0 spiro atoms. The summed E-state index contributed by atoms with van der Waals surface area (Å²) in [6.07, 6.45) is 4.27. The van der Waals surface area contributed by atoms with Crippen molar-refractivity contribution in [1.82, 2.24) is 10.2 Å². The Morgan fingerprint density at radius 2 is 2.11 bits per heavy atom. The zero-order valence-corrected chi connectivity index (χ0v) is 13.4. The van der Waals surface area contributed by atoms with Gasteiger partial charge in [-0.2, -0.15) is 0 Å². The van der Waals surface area contributed by atoms with E-state index in [9.17, 15) is 0 Å². The van der Waals surface area contributed by atoms with Gasteiger partial charge in [-0.15, -0.1) is 0 Å². The molecule has 2 fully saturated rings. The van der Waals surface area contributed by atoms with E-state index >= 15 is 0 Å². The number of nitrogens with zero attached hydrogens (tertiary/aromatic N) is 1. The SMILES string of the molecule is CC(C)COC1CC(NC2CCCN(C)C2)C1(C)C. The Labute approximate surface area is 119 Å². The van der Waals surface area contributed by atoms with Crippen LogP contribution in [0.1, 0.15) is 47.0 Å². The van der Waals surface area contributed by atoms with Crippen LogP contribution in [0, 0.1) is 11.3 Å². The van der Waals surface area contributed by atoms with Crippen molar-refractivity contribution in [2.45, 2.75) is 65.1 Å². The molecule has 0 aromatic carbocycles. The first kappa shape index (κ1) is 15.3. The van der Waals surface area contributed by atoms with Crippen molar-refractivity contribution >= 4 is 0 Å². The van der Waals surface area contributed by atoms with Gasteiger partial charge in [0.2, 0.25) is 0 Å². The van der Waals surface area contributed by atoms with Crippen molar-refractivity contribution in [2.24, 2.45) is 11.3 Å². The topological polar surface area (TPSA) is 24.5 Å². The molecule has 1 saturated carbocycles. The summed E-state index contributed by atoms with van der Waals surface area (Å²) < 4.78 is 6.04. The lowest BCUT2D eigenvalue weighted by Gasteiger charge is -2.53. The molecule has 3 heteroatoms. The Kier molecular flexibility index (Phi) is 4.91. The van der Waals surface area contributed by atoms with Crippen LogP contribution in [-0.4, -0.2) is 49.8 Å². The van der Waals surface area contributed by atoms with Crippen LogP contribution in [0.4, 0.5) is 0 Å². The molecule has 112 valence electrons. The standard InChI is InChI=1S/C16H32N2O/c1-12(2)11-19-15-9-14(16(15,3)4)17-13-7-6-8-18(5)10-13/h12-15,17H,6-11H2,1-5H3. The molecule has 3 nitrogen and oxygen atoms in total. The minimum Gasteiger partial charge on any atom is -0.377 e. The van der Waals surface area contributed by atoms with E-state index in [1.165, 1.54) is 32.4 Å². The normalized spacial score (nSPS) is 35.4. The molecule has 1 aliphatic heterocycles. The summed E-state index contributed by atoms with van der Waals surface area (Å²) in [5.41, 5.74) is 0.283. The van der Waals surface area contributed by atoms with Crippen molar-refractivity contribution in [3.8, 4) is 0 Å². The highest BCUT2D eigenvalue weighted by Gasteiger charge is 2.49. The number of likely N-dealkylation sites (tertiary alicyclic amines) is 1. The van der Waals surface area contributed by atoms with Crippen molar-refractivity contribution in [2.75, 3.05) is 26.7 Å². The first-order chi connectivity index (χ1) is 8.89. The molecule has 2 aliphatic rings. The van der Waals surface area contributed by atoms with Crippen LogP contribution in [-0.2, 0) is 4.74 Å². The molecule has 3 unspecified atom stereocenters. The minimum atomic E-state index is 0.283. The number of nitrogens with one attached hydrogen (secondary N) is 1. The first-order valence-electron chi connectivity index (χ1n) is 7.95. The van der Waals surface area contributed by atoms with Gasteiger partial charge in [0.15, 0.2) is 0 Å². The second kappa shape index (κ2) is 6.11. The zero-order valence-electron chi connectivity index (χ0n) is 13.4. The van der Waals surface area contributed by atoms with Crippen LogP contribution in [0.15, 0.2) is 0 Å². The molecular formula is C16H32N2O. The molecule has 1 N–H and O–H groups in total. The minimum absolute atomic E-state index is 0.283. The summed E-state index contributed by atoms with van der Waals surface area (Å²) in [7, 11) is 2.23. The van der Waals surface area contributed by atoms with Gasteiger partial charge in [0.1, 0.15) is 0 Å². The summed E-state index contributed by atoms with van der Waals surface area (Å²) in [5, 5.41) is 3.87. The van der Waals surface area contributed by atoms with Gasteiger partial charge in [0.25, 0.3) is 0 Å². The fourth-order valence-electron chi connectivity index (χ4n) is 3.35. The van der Waals surface area contributed by atoms with Crippen molar-refractivity contribution in [3.05, 3.63) is 0 Å². The summed E-state index contributed by atoms with van der Waals surface area (Å²) in [4.78, 5) is 2.44. The van der Waals surface area contributed by atoms with Crippen molar-refractivity contribution in [3.63, 3.8) is 0 Å². The van der Waals surface area contributed by atoms with Crippen molar-refractivity contribution < 1.29 is 4.74 Å². The predicted octanol–water partition coefficient (Wildman–Crippen LogP) is 2.51.